The van der Waals surface area contributed by atoms with E-state index >= 15 is 0 Å². The van der Waals surface area contributed by atoms with Crippen molar-refractivity contribution in [3.63, 3.8) is 0 Å². The molecule has 2 amide bonds. The first-order chi connectivity index (χ1) is 8.81. The van der Waals surface area contributed by atoms with Crippen LogP contribution in [0.15, 0.2) is 0 Å². The van der Waals surface area contributed by atoms with Crippen LogP contribution in [0.25, 0.3) is 0 Å². The molecule has 1 saturated carbocycles. The lowest BCUT2D eigenvalue weighted by molar-refractivity contribution is -0.121. The summed E-state index contributed by atoms with van der Waals surface area (Å²) in [5.74, 6) is 0.237. The van der Waals surface area contributed by atoms with Crippen molar-refractivity contribution in [3.8, 4) is 0 Å². The number of hydrogen-bond acceptors (Lipinski definition) is 3. The van der Waals surface area contributed by atoms with Crippen molar-refractivity contribution >= 4 is 23.6 Å². The Kier molecular flexibility index (Phi) is 5.91. The maximum atomic E-state index is 11.7. The lowest BCUT2D eigenvalue weighted by Gasteiger charge is -2.25. The van der Waals surface area contributed by atoms with Crippen molar-refractivity contribution in [1.82, 2.24) is 10.6 Å². The smallest absolute Gasteiger partial charge is 0.407 e. The number of carbonyl (C=O) groups is 2. The second-order valence-corrected chi connectivity index (χ2v) is 6.17. The van der Waals surface area contributed by atoms with E-state index in [2.05, 4.69) is 10.6 Å². The van der Waals surface area contributed by atoms with Gasteiger partial charge in [-0.05, 0) is 40.0 Å². The number of alkyl halides is 1. The van der Waals surface area contributed by atoms with Gasteiger partial charge >= 0.3 is 6.09 Å². The lowest BCUT2D eigenvalue weighted by atomic mass is 10.1. The van der Waals surface area contributed by atoms with Gasteiger partial charge in [-0.2, -0.15) is 0 Å². The summed E-state index contributed by atoms with van der Waals surface area (Å²) < 4.78 is 5.22. The molecule has 2 atom stereocenters. The Morgan fingerprint density at radius 2 is 1.79 bits per heavy atom. The van der Waals surface area contributed by atoms with Gasteiger partial charge in [0.2, 0.25) is 5.91 Å². The van der Waals surface area contributed by atoms with Crippen molar-refractivity contribution in [2.45, 2.75) is 64.1 Å². The average molecular weight is 291 g/mol. The van der Waals surface area contributed by atoms with Gasteiger partial charge in [-0.25, -0.2) is 4.79 Å². The van der Waals surface area contributed by atoms with E-state index in [1.165, 1.54) is 0 Å². The molecular weight excluding hydrogens is 268 g/mol. The summed E-state index contributed by atoms with van der Waals surface area (Å²) in [7, 11) is 0. The molecule has 0 bridgehead atoms. The first-order valence-electron chi connectivity index (χ1n) is 6.66. The zero-order valence-corrected chi connectivity index (χ0v) is 12.5. The highest BCUT2D eigenvalue weighted by molar-refractivity contribution is 6.18. The first-order valence-corrected chi connectivity index (χ1v) is 7.20. The fourth-order valence-electron chi connectivity index (χ4n) is 2.13. The third-order valence-corrected chi connectivity index (χ3v) is 3.08. The molecule has 0 saturated heterocycles. The highest BCUT2D eigenvalue weighted by Gasteiger charge is 2.30. The van der Waals surface area contributed by atoms with Gasteiger partial charge < -0.3 is 15.4 Å². The van der Waals surface area contributed by atoms with Crippen LogP contribution in [-0.4, -0.2) is 35.6 Å². The number of amides is 2. The third kappa shape index (κ3) is 6.14. The second-order valence-electron chi connectivity index (χ2n) is 5.80. The fraction of sp³-hybridized carbons (Fsp3) is 0.846. The number of carbonyl (C=O) groups excluding carboxylic acids is 2. The van der Waals surface area contributed by atoms with Crippen LogP contribution in [0, 0.1) is 0 Å². The maximum absolute atomic E-state index is 11.7. The lowest BCUT2D eigenvalue weighted by Crippen LogP contribution is -2.49. The van der Waals surface area contributed by atoms with Gasteiger partial charge in [-0.3, -0.25) is 4.79 Å². The molecule has 1 aliphatic rings. The average Bonchev–Trinajstić information content (AvgIpc) is 2.62. The van der Waals surface area contributed by atoms with E-state index in [4.69, 9.17) is 16.3 Å². The topological polar surface area (TPSA) is 67.4 Å². The Labute approximate surface area is 119 Å². The van der Waals surface area contributed by atoms with Crippen LogP contribution >= 0.6 is 11.6 Å². The monoisotopic (exact) mass is 290 g/mol. The highest BCUT2D eigenvalue weighted by Crippen LogP contribution is 2.20. The number of halogens is 1. The van der Waals surface area contributed by atoms with Crippen LogP contribution in [0.1, 0.15) is 46.5 Å². The summed E-state index contributed by atoms with van der Waals surface area (Å²) in [6, 6.07) is -0.0858. The van der Waals surface area contributed by atoms with Gasteiger partial charge in [-0.1, -0.05) is 0 Å². The Hall–Kier alpha value is -0.970. The number of alkyl carbamates (subject to hydrolysis) is 1. The third-order valence-electron chi connectivity index (χ3n) is 2.89. The standard InChI is InChI=1S/C13H23ClN2O3/c1-13(2,3)19-12(18)16-10-6-4-5-9(10)15-11(17)7-8-14/h9-10H,4-8H2,1-3H3,(H,15,17)(H,16,18)/t9-,10+/m0/s1. The molecule has 19 heavy (non-hydrogen) atoms. The van der Waals surface area contributed by atoms with Gasteiger partial charge in [0.25, 0.3) is 0 Å². The van der Waals surface area contributed by atoms with Crippen molar-refractivity contribution < 1.29 is 14.3 Å². The molecule has 0 aliphatic heterocycles. The summed E-state index contributed by atoms with van der Waals surface area (Å²) in [6.07, 6.45) is 2.57. The molecule has 2 N–H and O–H groups in total. The molecule has 0 aromatic carbocycles. The fourth-order valence-corrected chi connectivity index (χ4v) is 2.30. The van der Waals surface area contributed by atoms with Gasteiger partial charge in [0.05, 0.1) is 6.04 Å². The Morgan fingerprint density at radius 3 is 2.32 bits per heavy atom. The van der Waals surface area contributed by atoms with E-state index in [0.717, 1.165) is 19.3 Å². The van der Waals surface area contributed by atoms with Crippen LogP contribution < -0.4 is 10.6 Å². The van der Waals surface area contributed by atoms with E-state index < -0.39 is 11.7 Å². The summed E-state index contributed by atoms with van der Waals surface area (Å²) in [6.45, 7) is 5.46. The zero-order chi connectivity index (χ0) is 14.5. The second kappa shape index (κ2) is 6.98. The van der Waals surface area contributed by atoms with E-state index in [1.54, 1.807) is 0 Å². The minimum Gasteiger partial charge on any atom is -0.444 e. The van der Waals surface area contributed by atoms with Crippen LogP contribution in [0.5, 0.6) is 0 Å². The predicted octanol–water partition coefficient (Wildman–Crippen LogP) is 2.18. The summed E-state index contributed by atoms with van der Waals surface area (Å²) >= 11 is 5.52. The van der Waals surface area contributed by atoms with Crippen LogP contribution in [0.3, 0.4) is 0 Å². The Bertz CT molecular complexity index is 328. The molecule has 1 rings (SSSR count). The molecule has 0 heterocycles. The molecule has 6 heteroatoms. The van der Waals surface area contributed by atoms with Crippen LogP contribution in [0.2, 0.25) is 0 Å². The molecule has 0 unspecified atom stereocenters. The number of ether oxygens (including phenoxy) is 1. The van der Waals surface area contributed by atoms with E-state index in [0.29, 0.717) is 12.3 Å². The molecule has 0 aromatic heterocycles. The Balaban J connectivity index is 2.43. The SMILES string of the molecule is CC(C)(C)OC(=O)N[C@@H]1CCC[C@@H]1NC(=O)CCCl. The Morgan fingerprint density at radius 1 is 1.21 bits per heavy atom. The molecule has 0 spiro atoms. The molecule has 110 valence electrons. The molecule has 0 radical (unpaired) electrons. The van der Waals surface area contributed by atoms with E-state index in [1.807, 2.05) is 20.8 Å². The van der Waals surface area contributed by atoms with Gasteiger partial charge in [-0.15, -0.1) is 11.6 Å². The van der Waals surface area contributed by atoms with Crippen molar-refractivity contribution in [1.29, 1.82) is 0 Å². The number of nitrogens with one attached hydrogen (secondary N) is 2. The molecule has 1 fully saturated rings. The molecule has 1 aliphatic carbocycles. The largest absolute Gasteiger partial charge is 0.444 e. The highest BCUT2D eigenvalue weighted by atomic mass is 35.5. The van der Waals surface area contributed by atoms with Crippen molar-refractivity contribution in [2.24, 2.45) is 0 Å². The van der Waals surface area contributed by atoms with Crippen molar-refractivity contribution in [2.75, 3.05) is 5.88 Å². The minimum absolute atomic E-state index is 0.0248. The summed E-state index contributed by atoms with van der Waals surface area (Å²) in [5.41, 5.74) is -0.514. The van der Waals surface area contributed by atoms with Gasteiger partial charge in [0, 0.05) is 18.3 Å². The van der Waals surface area contributed by atoms with E-state index in [9.17, 15) is 9.59 Å². The first kappa shape index (κ1) is 16.1. The minimum atomic E-state index is -0.514. The summed E-state index contributed by atoms with van der Waals surface area (Å²) in [5, 5.41) is 5.73. The number of rotatable bonds is 4. The molecule has 0 aromatic rings. The molecular formula is C13H23ClN2O3. The van der Waals surface area contributed by atoms with Crippen LogP contribution in [0.4, 0.5) is 4.79 Å². The normalized spacial score (nSPS) is 22.9. The maximum Gasteiger partial charge on any atom is 0.407 e. The zero-order valence-electron chi connectivity index (χ0n) is 11.8. The predicted molar refractivity (Wildman–Crippen MR) is 74.3 cm³/mol. The summed E-state index contributed by atoms with van der Waals surface area (Å²) in [4.78, 5) is 23.2. The molecule has 5 nitrogen and oxygen atoms in total. The van der Waals surface area contributed by atoms with Gasteiger partial charge in [0.15, 0.2) is 0 Å². The number of hydrogen-bond donors (Lipinski definition) is 2. The van der Waals surface area contributed by atoms with E-state index in [-0.39, 0.29) is 18.0 Å². The van der Waals surface area contributed by atoms with Gasteiger partial charge in [0.1, 0.15) is 5.60 Å². The van der Waals surface area contributed by atoms with Crippen LogP contribution in [-0.2, 0) is 9.53 Å². The van der Waals surface area contributed by atoms with Crippen molar-refractivity contribution in [3.05, 3.63) is 0 Å². The quantitative estimate of drug-likeness (QED) is 0.780.